The fourth-order valence-corrected chi connectivity index (χ4v) is 3.49. The van der Waals surface area contributed by atoms with E-state index in [-0.39, 0.29) is 29.3 Å². The zero-order valence-electron chi connectivity index (χ0n) is 11.9. The van der Waals surface area contributed by atoms with Crippen LogP contribution in [0, 0.1) is 0 Å². The van der Waals surface area contributed by atoms with Crippen molar-refractivity contribution in [2.24, 2.45) is 5.11 Å². The Kier molecular flexibility index (Phi) is 5.68. The van der Waals surface area contributed by atoms with Crippen molar-refractivity contribution < 1.29 is 19.1 Å². The van der Waals surface area contributed by atoms with Crippen LogP contribution in [0.3, 0.4) is 0 Å². The first-order valence-corrected chi connectivity index (χ1v) is 7.63. The lowest BCUT2D eigenvalue weighted by Crippen LogP contribution is -2.23. The summed E-state index contributed by atoms with van der Waals surface area (Å²) in [4.78, 5) is 25.7. The van der Waals surface area contributed by atoms with Crippen LogP contribution in [0.4, 0.5) is 0 Å². The van der Waals surface area contributed by atoms with Crippen molar-refractivity contribution in [1.29, 1.82) is 0 Å². The topological polar surface area (TPSA) is 101 Å². The molecule has 1 aromatic rings. The van der Waals surface area contributed by atoms with Crippen molar-refractivity contribution in [2.75, 3.05) is 6.61 Å². The van der Waals surface area contributed by atoms with E-state index >= 15 is 0 Å². The molecule has 0 radical (unpaired) electrons. The van der Waals surface area contributed by atoms with Gasteiger partial charge in [-0.15, -0.1) is 11.8 Å². The van der Waals surface area contributed by atoms with Gasteiger partial charge in [-0.1, -0.05) is 23.3 Å². The Morgan fingerprint density at radius 3 is 2.77 bits per heavy atom. The monoisotopic (exact) mass is 321 g/mol. The number of azide groups is 1. The van der Waals surface area contributed by atoms with E-state index in [2.05, 4.69) is 10.0 Å². The number of ether oxygens (including phenoxy) is 2. The Balaban J connectivity index is 1.93. The van der Waals surface area contributed by atoms with Crippen molar-refractivity contribution in [3.63, 3.8) is 0 Å². The smallest absolute Gasteiger partial charge is 0.338 e. The van der Waals surface area contributed by atoms with Crippen LogP contribution < -0.4 is 0 Å². The summed E-state index contributed by atoms with van der Waals surface area (Å²) in [7, 11) is 0. The van der Waals surface area contributed by atoms with Gasteiger partial charge in [0.25, 0.3) is 0 Å². The highest BCUT2D eigenvalue weighted by Gasteiger charge is 2.37. The van der Waals surface area contributed by atoms with Crippen molar-refractivity contribution in [1.82, 2.24) is 0 Å². The lowest BCUT2D eigenvalue weighted by Gasteiger charge is -2.14. The lowest BCUT2D eigenvalue weighted by atomic mass is 10.1. The minimum Gasteiger partial charge on any atom is -0.461 e. The van der Waals surface area contributed by atoms with Gasteiger partial charge in [-0.3, -0.25) is 4.79 Å². The molecule has 7 nitrogen and oxygen atoms in total. The molecule has 1 fully saturated rings. The molecule has 1 saturated heterocycles. The molecule has 1 heterocycles. The maximum Gasteiger partial charge on any atom is 0.338 e. The molecule has 0 aromatic heterocycles. The molecule has 0 spiro atoms. The zero-order chi connectivity index (χ0) is 15.9. The zero-order valence-corrected chi connectivity index (χ0v) is 12.7. The molecule has 2 rings (SSSR count). The molecule has 0 amide bonds. The van der Waals surface area contributed by atoms with Crippen LogP contribution in [0.15, 0.2) is 35.4 Å². The summed E-state index contributed by atoms with van der Waals surface area (Å²) in [6.07, 6.45) is 0.419. The summed E-state index contributed by atoms with van der Waals surface area (Å²) < 4.78 is 10.4. The van der Waals surface area contributed by atoms with Crippen molar-refractivity contribution in [3.05, 3.63) is 46.3 Å². The van der Waals surface area contributed by atoms with E-state index < -0.39 is 5.97 Å². The minimum absolute atomic E-state index is 0.0971. The predicted molar refractivity (Wildman–Crippen MR) is 81.2 cm³/mol. The van der Waals surface area contributed by atoms with Gasteiger partial charge in [0.2, 0.25) is 0 Å². The fraction of sp³-hybridized carbons (Fsp3) is 0.429. The van der Waals surface area contributed by atoms with E-state index in [0.29, 0.717) is 12.0 Å². The first kappa shape index (κ1) is 16.2. The van der Waals surface area contributed by atoms with Gasteiger partial charge >= 0.3 is 11.9 Å². The van der Waals surface area contributed by atoms with Crippen molar-refractivity contribution in [2.45, 2.75) is 30.1 Å². The van der Waals surface area contributed by atoms with E-state index in [1.165, 1.54) is 18.7 Å². The summed E-state index contributed by atoms with van der Waals surface area (Å²) in [5.74, 6) is -0.823. The fourth-order valence-electron chi connectivity index (χ4n) is 2.10. The largest absolute Gasteiger partial charge is 0.461 e. The molecule has 1 aromatic carbocycles. The minimum atomic E-state index is -0.433. The van der Waals surface area contributed by atoms with Crippen LogP contribution in [0.25, 0.3) is 10.4 Å². The number of nitrogens with zero attached hydrogens (tertiary/aromatic N) is 3. The van der Waals surface area contributed by atoms with Gasteiger partial charge in [0.05, 0.1) is 16.9 Å². The molecule has 1 aliphatic rings. The molecule has 1 aliphatic heterocycles. The van der Waals surface area contributed by atoms with Crippen LogP contribution in [0.2, 0.25) is 0 Å². The molecule has 0 aliphatic carbocycles. The van der Waals surface area contributed by atoms with Crippen LogP contribution >= 0.6 is 11.8 Å². The number of rotatable bonds is 5. The van der Waals surface area contributed by atoms with E-state index in [1.807, 2.05) is 6.07 Å². The highest BCUT2D eigenvalue weighted by Crippen LogP contribution is 2.37. The van der Waals surface area contributed by atoms with Gasteiger partial charge in [0.15, 0.2) is 0 Å². The van der Waals surface area contributed by atoms with E-state index in [9.17, 15) is 9.59 Å². The Morgan fingerprint density at radius 2 is 2.14 bits per heavy atom. The molecular formula is C14H15N3O4S. The molecule has 8 heteroatoms. The number of esters is 2. The summed E-state index contributed by atoms with van der Waals surface area (Å²) >= 11 is 1.34. The third-order valence-electron chi connectivity index (χ3n) is 3.08. The Labute approximate surface area is 131 Å². The number of carbonyl (C=O) groups excluding carboxylic acids is 2. The molecule has 0 unspecified atom stereocenters. The number of thioether (sulfide) groups is 1. The first-order chi connectivity index (χ1) is 10.6. The Hall–Kier alpha value is -2.18. The van der Waals surface area contributed by atoms with Crippen LogP contribution in [0.5, 0.6) is 0 Å². The quantitative estimate of drug-likeness (QED) is 0.359. The Bertz CT molecular complexity index is 589. The van der Waals surface area contributed by atoms with E-state index in [0.717, 1.165) is 0 Å². The average molecular weight is 321 g/mol. The maximum atomic E-state index is 11.9. The molecule has 0 bridgehead atoms. The highest BCUT2D eigenvalue weighted by atomic mass is 32.2. The first-order valence-electron chi connectivity index (χ1n) is 6.69. The summed E-state index contributed by atoms with van der Waals surface area (Å²) in [5.41, 5.74) is 8.68. The van der Waals surface area contributed by atoms with Gasteiger partial charge in [0.1, 0.15) is 12.0 Å². The van der Waals surface area contributed by atoms with Crippen LogP contribution in [-0.2, 0) is 14.3 Å². The van der Waals surface area contributed by atoms with Gasteiger partial charge < -0.3 is 9.47 Å². The van der Waals surface area contributed by atoms with Crippen molar-refractivity contribution in [3.8, 4) is 0 Å². The van der Waals surface area contributed by atoms with Gasteiger partial charge in [-0.2, -0.15) is 0 Å². The van der Waals surface area contributed by atoms with Crippen LogP contribution in [-0.4, -0.2) is 35.3 Å². The average Bonchev–Trinajstić information content (AvgIpc) is 2.87. The summed E-state index contributed by atoms with van der Waals surface area (Å²) in [6.45, 7) is 1.42. The van der Waals surface area contributed by atoms with Gasteiger partial charge in [-0.05, 0) is 17.7 Å². The lowest BCUT2D eigenvalue weighted by molar-refractivity contribution is -0.142. The Morgan fingerprint density at radius 1 is 1.41 bits per heavy atom. The number of benzene rings is 1. The standard InChI is InChI=1S/C14H15N3O4S/c1-9(18)21-13-7-11(16-17-15)12(22-13)8-20-14(19)10-5-3-2-4-6-10/h2-6,11-13H,7-8H2,1H3/t11-,12+,13+/m0/s1. The summed E-state index contributed by atoms with van der Waals surface area (Å²) in [6, 6.07) is 8.27. The third-order valence-corrected chi connectivity index (χ3v) is 4.47. The number of hydrogen-bond acceptors (Lipinski definition) is 6. The molecule has 22 heavy (non-hydrogen) atoms. The second-order valence-electron chi connectivity index (χ2n) is 4.69. The molecule has 0 saturated carbocycles. The number of carbonyl (C=O) groups is 2. The number of hydrogen-bond donors (Lipinski definition) is 0. The normalized spacial score (nSPS) is 23.4. The molecular weight excluding hydrogens is 306 g/mol. The predicted octanol–water partition coefficient (Wildman–Crippen LogP) is 2.92. The van der Waals surface area contributed by atoms with E-state index in [4.69, 9.17) is 15.0 Å². The highest BCUT2D eigenvalue weighted by molar-refractivity contribution is 8.00. The van der Waals surface area contributed by atoms with Crippen LogP contribution in [0.1, 0.15) is 23.7 Å². The molecule has 3 atom stereocenters. The van der Waals surface area contributed by atoms with Crippen molar-refractivity contribution >= 4 is 23.7 Å². The second-order valence-corrected chi connectivity index (χ2v) is 6.09. The molecule has 116 valence electrons. The second kappa shape index (κ2) is 7.72. The van der Waals surface area contributed by atoms with E-state index in [1.54, 1.807) is 24.3 Å². The maximum absolute atomic E-state index is 11.9. The van der Waals surface area contributed by atoms with Gasteiger partial charge in [0, 0.05) is 18.3 Å². The third kappa shape index (κ3) is 4.41. The SMILES string of the molecule is CC(=O)O[C@H]1C[C@H](N=[N+]=[N-])[C@@H](COC(=O)c2ccccc2)S1. The van der Waals surface area contributed by atoms with Gasteiger partial charge in [-0.25, -0.2) is 4.79 Å². The summed E-state index contributed by atoms with van der Waals surface area (Å²) in [5, 5.41) is 3.46. The molecule has 0 N–H and O–H groups in total.